The van der Waals surface area contributed by atoms with Gasteiger partial charge in [0.1, 0.15) is 12.2 Å². The number of nitrogens with one attached hydrogen (secondary N) is 1. The minimum absolute atomic E-state index is 0.0733. The molecule has 8 nitrogen and oxygen atoms in total. The van der Waals surface area contributed by atoms with Crippen molar-refractivity contribution in [3.05, 3.63) is 0 Å². The smallest absolute Gasteiger partial charge is 0.446 e. The average molecular weight is 481 g/mol. The van der Waals surface area contributed by atoms with Crippen LogP contribution in [0.2, 0.25) is 0 Å². The first-order valence-corrected chi connectivity index (χ1v) is 13.2. The Kier molecular flexibility index (Phi) is 7.13. The number of rotatable bonds is 5. The molecule has 0 aromatic rings. The molecule has 4 saturated carbocycles. The molecule has 9 atom stereocenters. The predicted molar refractivity (Wildman–Crippen MR) is 127 cm³/mol. The summed E-state index contributed by atoms with van der Waals surface area (Å²) >= 11 is 0. The van der Waals surface area contributed by atoms with Gasteiger partial charge in [0.05, 0.1) is 19.8 Å². The van der Waals surface area contributed by atoms with Gasteiger partial charge in [-0.15, -0.1) is 0 Å². The molecule has 34 heavy (non-hydrogen) atoms. The minimum atomic E-state index is -0.611. The predicted octanol–water partition coefficient (Wildman–Crippen LogP) is 4.13. The summed E-state index contributed by atoms with van der Waals surface area (Å²) in [6, 6.07) is -0.257. The Hall–Kier alpha value is -1.54. The first-order valence-electron chi connectivity index (χ1n) is 13.2. The average Bonchev–Trinajstić information content (AvgIpc) is 3.08. The monoisotopic (exact) mass is 480 g/mol. The molecule has 0 spiro atoms. The van der Waals surface area contributed by atoms with Crippen LogP contribution in [0.5, 0.6) is 0 Å². The summed E-state index contributed by atoms with van der Waals surface area (Å²) in [5.41, 5.74) is 6.90. The van der Waals surface area contributed by atoms with Crippen LogP contribution < -0.4 is 11.1 Å². The molecule has 4 rings (SSSR count). The van der Waals surface area contributed by atoms with Gasteiger partial charge < -0.3 is 30.4 Å². The van der Waals surface area contributed by atoms with Gasteiger partial charge in [0.2, 0.25) is 0 Å². The number of aliphatic hydroxyl groups is 1. The Bertz CT molecular complexity index is 774. The van der Waals surface area contributed by atoms with Gasteiger partial charge in [-0.25, -0.2) is 9.59 Å². The number of fused-ring (bicyclic) bond motifs is 5. The highest BCUT2D eigenvalue weighted by Gasteiger charge is 2.67. The fraction of sp³-hybridized carbons (Fsp3) is 0.923. The van der Waals surface area contributed by atoms with Crippen molar-refractivity contribution in [1.82, 2.24) is 5.32 Å². The molecule has 0 radical (unpaired) electrons. The SMILES string of the molecule is CCC(CO)NC(=O)O[C@H]1CC[C@@]2(C)[C@H](CC[C@@H]3[C@@H]2CC[C@]2(C)[C@@H](OC(=O)OC)CC[C@]32N)C1. The molecule has 0 saturated heterocycles. The molecule has 0 bridgehead atoms. The first-order chi connectivity index (χ1) is 16.1. The molecule has 4 aliphatic rings. The highest BCUT2D eigenvalue weighted by Crippen LogP contribution is 2.67. The maximum Gasteiger partial charge on any atom is 0.508 e. The molecule has 4 fully saturated rings. The molecule has 1 amide bonds. The van der Waals surface area contributed by atoms with Crippen LogP contribution in [0.1, 0.15) is 85.0 Å². The van der Waals surface area contributed by atoms with E-state index in [9.17, 15) is 14.7 Å². The quantitative estimate of drug-likeness (QED) is 0.506. The van der Waals surface area contributed by atoms with Crippen molar-refractivity contribution in [2.75, 3.05) is 13.7 Å². The van der Waals surface area contributed by atoms with E-state index in [0.29, 0.717) is 24.2 Å². The Morgan fingerprint density at radius 3 is 2.50 bits per heavy atom. The van der Waals surface area contributed by atoms with Crippen molar-refractivity contribution in [2.24, 2.45) is 34.3 Å². The Balaban J connectivity index is 1.43. The van der Waals surface area contributed by atoms with Crippen LogP contribution in [0, 0.1) is 28.6 Å². The topological polar surface area (TPSA) is 120 Å². The summed E-state index contributed by atoms with van der Waals surface area (Å²) in [5.74, 6) is 1.46. The largest absolute Gasteiger partial charge is 0.508 e. The molecular formula is C26H44N2O6. The molecular weight excluding hydrogens is 436 g/mol. The third-order valence-electron chi connectivity index (χ3n) is 10.6. The van der Waals surface area contributed by atoms with Crippen molar-refractivity contribution < 1.29 is 28.9 Å². The van der Waals surface area contributed by atoms with E-state index < -0.39 is 12.2 Å². The minimum Gasteiger partial charge on any atom is -0.446 e. The van der Waals surface area contributed by atoms with Gasteiger partial charge in [-0.2, -0.15) is 0 Å². The second-order valence-corrected chi connectivity index (χ2v) is 11.8. The molecule has 0 aromatic carbocycles. The second-order valence-electron chi connectivity index (χ2n) is 11.8. The molecule has 194 valence electrons. The van der Waals surface area contributed by atoms with Gasteiger partial charge in [0.25, 0.3) is 0 Å². The number of aliphatic hydroxyl groups excluding tert-OH is 1. The Labute approximate surface area is 203 Å². The molecule has 4 aliphatic carbocycles. The number of hydrogen-bond donors (Lipinski definition) is 3. The maximum absolute atomic E-state index is 12.3. The van der Waals surface area contributed by atoms with E-state index >= 15 is 0 Å². The number of carbonyl (C=O) groups excluding carboxylic acids is 2. The van der Waals surface area contributed by atoms with E-state index in [1.54, 1.807) is 0 Å². The fourth-order valence-corrected chi connectivity index (χ4v) is 8.33. The van der Waals surface area contributed by atoms with E-state index in [2.05, 4.69) is 19.2 Å². The summed E-state index contributed by atoms with van der Waals surface area (Å²) in [6.45, 7) is 6.51. The molecule has 0 aromatic heterocycles. The number of alkyl carbamates (subject to hydrolysis) is 1. The second kappa shape index (κ2) is 9.49. The van der Waals surface area contributed by atoms with Crippen LogP contribution in [0.15, 0.2) is 0 Å². The van der Waals surface area contributed by atoms with Gasteiger partial charge in [0, 0.05) is 11.0 Å². The number of amides is 1. The van der Waals surface area contributed by atoms with Crippen LogP contribution in [0.3, 0.4) is 0 Å². The van der Waals surface area contributed by atoms with Crippen molar-refractivity contribution in [3.63, 3.8) is 0 Å². The summed E-state index contributed by atoms with van der Waals surface area (Å²) in [7, 11) is 1.35. The van der Waals surface area contributed by atoms with Crippen molar-refractivity contribution >= 4 is 12.2 Å². The maximum atomic E-state index is 12.3. The van der Waals surface area contributed by atoms with Gasteiger partial charge >= 0.3 is 12.2 Å². The number of ether oxygens (including phenoxy) is 3. The van der Waals surface area contributed by atoms with Crippen LogP contribution in [-0.4, -0.2) is 54.9 Å². The fourth-order valence-electron chi connectivity index (χ4n) is 8.33. The van der Waals surface area contributed by atoms with E-state index in [-0.39, 0.29) is 41.2 Å². The Morgan fingerprint density at radius 2 is 1.82 bits per heavy atom. The zero-order valence-electron chi connectivity index (χ0n) is 21.3. The number of hydrogen-bond acceptors (Lipinski definition) is 7. The van der Waals surface area contributed by atoms with Gasteiger partial charge in [-0.3, -0.25) is 0 Å². The van der Waals surface area contributed by atoms with Crippen molar-refractivity contribution in [2.45, 2.75) is 109 Å². The lowest BCUT2D eigenvalue weighted by Crippen LogP contribution is -2.67. The third kappa shape index (κ3) is 4.08. The molecule has 8 heteroatoms. The molecule has 0 aliphatic heterocycles. The first kappa shape index (κ1) is 25.5. The summed E-state index contributed by atoms with van der Waals surface area (Å²) in [6.07, 6.45) is 8.05. The van der Waals surface area contributed by atoms with Gasteiger partial charge in [-0.05, 0) is 87.4 Å². The van der Waals surface area contributed by atoms with Gasteiger partial charge in [-0.1, -0.05) is 20.8 Å². The van der Waals surface area contributed by atoms with Crippen LogP contribution in [0.4, 0.5) is 9.59 Å². The lowest BCUT2D eigenvalue weighted by Gasteiger charge is -2.64. The lowest BCUT2D eigenvalue weighted by atomic mass is 9.43. The zero-order valence-corrected chi connectivity index (χ0v) is 21.3. The van der Waals surface area contributed by atoms with E-state index in [1.165, 1.54) is 7.11 Å². The van der Waals surface area contributed by atoms with E-state index in [4.69, 9.17) is 19.9 Å². The van der Waals surface area contributed by atoms with Crippen molar-refractivity contribution in [3.8, 4) is 0 Å². The number of methoxy groups -OCH3 is 1. The molecule has 1 unspecified atom stereocenters. The lowest BCUT2D eigenvalue weighted by molar-refractivity contribution is -0.145. The van der Waals surface area contributed by atoms with Crippen LogP contribution in [-0.2, 0) is 14.2 Å². The number of nitrogens with two attached hydrogens (primary N) is 1. The number of carbonyl (C=O) groups is 2. The Morgan fingerprint density at radius 1 is 1.06 bits per heavy atom. The zero-order chi connectivity index (χ0) is 24.7. The van der Waals surface area contributed by atoms with Gasteiger partial charge in [0.15, 0.2) is 0 Å². The van der Waals surface area contributed by atoms with E-state index in [0.717, 1.165) is 57.8 Å². The van der Waals surface area contributed by atoms with Crippen LogP contribution in [0.25, 0.3) is 0 Å². The molecule has 4 N–H and O–H groups in total. The summed E-state index contributed by atoms with van der Waals surface area (Å²) in [5, 5.41) is 12.1. The highest BCUT2D eigenvalue weighted by molar-refractivity contribution is 5.67. The summed E-state index contributed by atoms with van der Waals surface area (Å²) < 4.78 is 16.2. The molecule has 0 heterocycles. The van der Waals surface area contributed by atoms with E-state index in [1.807, 2.05) is 6.92 Å². The summed E-state index contributed by atoms with van der Waals surface area (Å²) in [4.78, 5) is 24.2. The standard InChI is InChI=1S/C26H44N2O6/c1-5-17(15-29)28-22(30)33-18-8-11-24(2)16(14-18)6-7-20-19(24)9-12-25(3)21(34-23(31)32-4)10-13-26(20,25)27/h16-21,29H,5-15,27H2,1-4H3,(H,28,30)/t16-,17?,18+,19+,20-,21+,24+,25-,26+/m1/s1. The van der Waals surface area contributed by atoms with Crippen LogP contribution >= 0.6 is 0 Å². The third-order valence-corrected chi connectivity index (χ3v) is 10.6. The normalized spacial score (nSPS) is 44.1. The highest BCUT2D eigenvalue weighted by atomic mass is 16.7. The van der Waals surface area contributed by atoms with Crippen molar-refractivity contribution in [1.29, 1.82) is 0 Å².